The molecule has 0 saturated carbocycles. The van der Waals surface area contributed by atoms with E-state index in [0.717, 1.165) is 16.5 Å². The largest absolute Gasteiger partial charge is 0.361 e. The number of carbonyl (C=O) groups excluding carboxylic acids is 1. The maximum absolute atomic E-state index is 12.0. The number of hydrogen-bond acceptors (Lipinski definition) is 3. The van der Waals surface area contributed by atoms with E-state index in [-0.39, 0.29) is 11.8 Å². The van der Waals surface area contributed by atoms with Crippen molar-refractivity contribution in [2.45, 2.75) is 25.3 Å². The first-order valence-electron chi connectivity index (χ1n) is 6.50. The van der Waals surface area contributed by atoms with Crippen molar-refractivity contribution in [3.63, 3.8) is 0 Å². The van der Waals surface area contributed by atoms with Crippen molar-refractivity contribution < 1.29 is 9.53 Å². The van der Waals surface area contributed by atoms with Crippen LogP contribution in [-0.4, -0.2) is 30.4 Å². The summed E-state index contributed by atoms with van der Waals surface area (Å²) in [5, 5.41) is 7.25. The van der Waals surface area contributed by atoms with Gasteiger partial charge in [0.25, 0.3) is 5.91 Å². The number of benzene rings is 1. The molecule has 1 fully saturated rings. The van der Waals surface area contributed by atoms with Gasteiger partial charge in [-0.2, -0.15) is 0 Å². The summed E-state index contributed by atoms with van der Waals surface area (Å²) in [7, 11) is 1.74. The van der Waals surface area contributed by atoms with Gasteiger partial charge in [-0.15, -0.1) is 0 Å². The Morgan fingerprint density at radius 2 is 2.25 bits per heavy atom. The number of aromatic nitrogens is 1. The molecule has 3 rings (SSSR count). The molecule has 106 valence electrons. The quantitative estimate of drug-likeness (QED) is 0.810. The van der Waals surface area contributed by atoms with Gasteiger partial charge in [-0.1, -0.05) is 24.6 Å². The van der Waals surface area contributed by atoms with Gasteiger partial charge in [-0.25, -0.2) is 0 Å². The number of fused-ring (bicyclic) bond motifs is 1. The van der Waals surface area contributed by atoms with E-state index in [4.69, 9.17) is 16.3 Å². The second-order valence-corrected chi connectivity index (χ2v) is 5.34. The van der Waals surface area contributed by atoms with Crippen LogP contribution in [0, 0.1) is 0 Å². The van der Waals surface area contributed by atoms with E-state index in [1.807, 2.05) is 31.3 Å². The SMILES string of the molecule is CNC1NC(=O)[C@H]([C@H](C)c2c[nH]c3cccc(Cl)c23)O1. The molecule has 1 unspecified atom stereocenters. The van der Waals surface area contributed by atoms with Gasteiger partial charge in [0.15, 0.2) is 6.35 Å². The number of H-pyrrole nitrogens is 1. The Morgan fingerprint density at radius 1 is 1.45 bits per heavy atom. The van der Waals surface area contributed by atoms with Crippen LogP contribution >= 0.6 is 11.6 Å². The Bertz CT molecular complexity index is 655. The summed E-state index contributed by atoms with van der Waals surface area (Å²) in [5.74, 6) is -0.208. The molecular weight excluding hydrogens is 278 g/mol. The van der Waals surface area contributed by atoms with Crippen LogP contribution < -0.4 is 10.6 Å². The van der Waals surface area contributed by atoms with Crippen LogP contribution in [0.3, 0.4) is 0 Å². The highest BCUT2D eigenvalue weighted by atomic mass is 35.5. The Hall–Kier alpha value is -1.56. The Balaban J connectivity index is 1.97. The Labute approximate surface area is 121 Å². The number of ether oxygens (including phenoxy) is 1. The first-order valence-corrected chi connectivity index (χ1v) is 6.88. The molecule has 0 bridgehead atoms. The van der Waals surface area contributed by atoms with Crippen molar-refractivity contribution >= 4 is 28.4 Å². The second-order valence-electron chi connectivity index (χ2n) is 4.93. The van der Waals surface area contributed by atoms with Crippen LogP contribution in [0.1, 0.15) is 18.4 Å². The zero-order valence-corrected chi connectivity index (χ0v) is 12.0. The van der Waals surface area contributed by atoms with Gasteiger partial charge in [0.2, 0.25) is 0 Å². The predicted octanol–water partition coefficient (Wildman–Crippen LogP) is 1.94. The van der Waals surface area contributed by atoms with Gasteiger partial charge in [0, 0.05) is 23.0 Å². The molecule has 1 saturated heterocycles. The molecule has 3 atom stereocenters. The van der Waals surface area contributed by atoms with Crippen molar-refractivity contribution in [3.05, 3.63) is 35.0 Å². The number of carbonyl (C=O) groups is 1. The molecule has 2 aromatic rings. The van der Waals surface area contributed by atoms with Crippen LogP contribution in [0.15, 0.2) is 24.4 Å². The van der Waals surface area contributed by atoms with Gasteiger partial charge < -0.3 is 15.0 Å². The summed E-state index contributed by atoms with van der Waals surface area (Å²) in [6, 6.07) is 5.70. The summed E-state index contributed by atoms with van der Waals surface area (Å²) in [5.41, 5.74) is 1.95. The minimum atomic E-state index is -0.525. The molecule has 20 heavy (non-hydrogen) atoms. The lowest BCUT2D eigenvalue weighted by atomic mass is 9.94. The molecule has 2 heterocycles. The summed E-state index contributed by atoms with van der Waals surface area (Å²) in [4.78, 5) is 15.2. The molecule has 0 spiro atoms. The number of halogens is 1. The molecule has 1 amide bonds. The fourth-order valence-electron chi connectivity index (χ4n) is 2.63. The summed E-state index contributed by atoms with van der Waals surface area (Å²) in [6.45, 7) is 1.97. The van der Waals surface area contributed by atoms with Gasteiger partial charge in [-0.05, 0) is 24.7 Å². The van der Waals surface area contributed by atoms with Crippen LogP contribution in [0.5, 0.6) is 0 Å². The summed E-state index contributed by atoms with van der Waals surface area (Å²) < 4.78 is 5.67. The van der Waals surface area contributed by atoms with E-state index < -0.39 is 12.5 Å². The topological polar surface area (TPSA) is 66.1 Å². The first-order chi connectivity index (χ1) is 9.61. The van der Waals surface area contributed by atoms with Crippen LogP contribution in [0.4, 0.5) is 0 Å². The summed E-state index contributed by atoms with van der Waals surface area (Å²) >= 11 is 6.27. The average Bonchev–Trinajstić information content (AvgIpc) is 3.02. The smallest absolute Gasteiger partial charge is 0.252 e. The maximum atomic E-state index is 12.0. The zero-order valence-electron chi connectivity index (χ0n) is 11.2. The Kier molecular flexibility index (Phi) is 3.41. The van der Waals surface area contributed by atoms with Gasteiger partial charge in [0.1, 0.15) is 6.10 Å². The monoisotopic (exact) mass is 293 g/mol. The number of amides is 1. The molecule has 1 aromatic carbocycles. The fraction of sp³-hybridized carbons (Fsp3) is 0.357. The zero-order chi connectivity index (χ0) is 14.3. The first kappa shape index (κ1) is 13.4. The van der Waals surface area contributed by atoms with Gasteiger partial charge in [-0.3, -0.25) is 10.1 Å². The van der Waals surface area contributed by atoms with Crippen molar-refractivity contribution in [1.82, 2.24) is 15.6 Å². The molecule has 0 aliphatic carbocycles. The van der Waals surface area contributed by atoms with Crippen molar-refractivity contribution in [2.75, 3.05) is 7.05 Å². The molecular formula is C14H16ClN3O2. The van der Waals surface area contributed by atoms with E-state index in [1.54, 1.807) is 7.05 Å². The number of rotatable bonds is 3. The third kappa shape index (κ3) is 2.08. The van der Waals surface area contributed by atoms with E-state index in [9.17, 15) is 4.79 Å². The Morgan fingerprint density at radius 3 is 2.95 bits per heavy atom. The minimum absolute atomic E-state index is 0.0954. The van der Waals surface area contributed by atoms with Gasteiger partial charge >= 0.3 is 0 Å². The lowest BCUT2D eigenvalue weighted by Gasteiger charge is -2.17. The molecule has 3 N–H and O–H groups in total. The third-order valence-corrected chi connectivity index (χ3v) is 4.02. The highest BCUT2D eigenvalue weighted by Gasteiger charge is 2.37. The maximum Gasteiger partial charge on any atom is 0.252 e. The number of aromatic amines is 1. The van der Waals surface area contributed by atoms with Crippen LogP contribution in [0.25, 0.3) is 10.9 Å². The average molecular weight is 294 g/mol. The minimum Gasteiger partial charge on any atom is -0.361 e. The molecule has 6 heteroatoms. The van der Waals surface area contributed by atoms with Crippen LogP contribution in [-0.2, 0) is 9.53 Å². The summed E-state index contributed by atoms with van der Waals surface area (Å²) in [6.07, 6.45) is 0.934. The highest BCUT2D eigenvalue weighted by molar-refractivity contribution is 6.35. The van der Waals surface area contributed by atoms with Crippen molar-refractivity contribution in [3.8, 4) is 0 Å². The predicted molar refractivity (Wildman–Crippen MR) is 77.6 cm³/mol. The number of nitrogens with one attached hydrogen (secondary N) is 3. The molecule has 1 aromatic heterocycles. The lowest BCUT2D eigenvalue weighted by molar-refractivity contribution is -0.124. The van der Waals surface area contributed by atoms with E-state index in [1.165, 1.54) is 0 Å². The standard InChI is InChI=1S/C14H16ClN3O2/c1-7(12-13(19)18-14(16-2)20-12)8-6-17-10-5-3-4-9(15)11(8)10/h3-7,12,14,16-17H,1-2H3,(H,18,19)/t7-,12+,14?/m1/s1. The third-order valence-electron chi connectivity index (χ3n) is 3.71. The van der Waals surface area contributed by atoms with Crippen molar-refractivity contribution in [1.29, 1.82) is 0 Å². The lowest BCUT2D eigenvalue weighted by Crippen LogP contribution is -2.37. The van der Waals surface area contributed by atoms with Crippen molar-refractivity contribution in [2.24, 2.45) is 0 Å². The fourth-order valence-corrected chi connectivity index (χ4v) is 2.91. The molecule has 0 radical (unpaired) electrons. The van der Waals surface area contributed by atoms with E-state index in [0.29, 0.717) is 5.02 Å². The van der Waals surface area contributed by atoms with E-state index >= 15 is 0 Å². The van der Waals surface area contributed by atoms with Gasteiger partial charge in [0.05, 0.1) is 5.02 Å². The molecule has 1 aliphatic heterocycles. The van der Waals surface area contributed by atoms with Crippen LogP contribution in [0.2, 0.25) is 5.02 Å². The normalized spacial score (nSPS) is 24.1. The molecule has 5 nitrogen and oxygen atoms in total. The second kappa shape index (κ2) is 5.09. The highest BCUT2D eigenvalue weighted by Crippen LogP contribution is 2.34. The van der Waals surface area contributed by atoms with E-state index in [2.05, 4.69) is 15.6 Å². The molecule has 1 aliphatic rings. The number of hydrogen-bond donors (Lipinski definition) is 3.